The van der Waals surface area contributed by atoms with Crippen LogP contribution < -0.4 is 0 Å². The minimum Gasteiger partial charge on any atom is -0.307 e. The van der Waals surface area contributed by atoms with Gasteiger partial charge < -0.3 is 4.57 Å². The summed E-state index contributed by atoms with van der Waals surface area (Å²) < 4.78 is 2.13. The number of aromatic nitrogens is 1. The number of nitroso groups, excluding NO2 is 1. The molecule has 0 N–H and O–H groups in total. The highest BCUT2D eigenvalue weighted by Gasteiger charge is 2.21. The van der Waals surface area contributed by atoms with Crippen LogP contribution in [0.5, 0.6) is 0 Å². The van der Waals surface area contributed by atoms with Crippen molar-refractivity contribution in [3.8, 4) is 16.9 Å². The Morgan fingerprint density at radius 3 is 2.11 bits per heavy atom. The predicted octanol–water partition coefficient (Wildman–Crippen LogP) is 6.85. The SMILES string of the molecule is O=Nc1c(-c2cccc3ccccc23)n(-c2ccccc2)c2ccccc12. The van der Waals surface area contributed by atoms with Gasteiger partial charge in [0.1, 0.15) is 5.69 Å². The molecule has 0 atom stereocenters. The van der Waals surface area contributed by atoms with Gasteiger partial charge in [0.2, 0.25) is 0 Å². The molecule has 0 radical (unpaired) electrons. The van der Waals surface area contributed by atoms with Gasteiger partial charge >= 0.3 is 0 Å². The van der Waals surface area contributed by atoms with Crippen LogP contribution in [0, 0.1) is 4.91 Å². The Morgan fingerprint density at radius 1 is 0.630 bits per heavy atom. The molecule has 1 aromatic heterocycles. The number of hydrogen-bond donors (Lipinski definition) is 0. The first-order valence-electron chi connectivity index (χ1n) is 8.89. The van der Waals surface area contributed by atoms with E-state index in [1.807, 2.05) is 60.7 Å². The monoisotopic (exact) mass is 348 g/mol. The highest BCUT2D eigenvalue weighted by molar-refractivity contribution is 6.07. The van der Waals surface area contributed by atoms with E-state index in [0.717, 1.165) is 38.6 Å². The van der Waals surface area contributed by atoms with Crippen molar-refractivity contribution in [3.63, 3.8) is 0 Å². The molecule has 0 aliphatic heterocycles. The topological polar surface area (TPSA) is 34.4 Å². The molecule has 0 amide bonds. The Morgan fingerprint density at radius 2 is 1.30 bits per heavy atom. The van der Waals surface area contributed by atoms with E-state index in [1.165, 1.54) is 0 Å². The van der Waals surface area contributed by atoms with Gasteiger partial charge in [-0.3, -0.25) is 0 Å². The standard InChI is InChI=1S/C24H16N2O/c27-25-23-21-14-6-7-16-22(21)26(18-11-2-1-3-12-18)24(23)20-15-8-10-17-9-4-5-13-19(17)20/h1-16H. The zero-order valence-corrected chi connectivity index (χ0v) is 14.5. The summed E-state index contributed by atoms with van der Waals surface area (Å²) in [7, 11) is 0. The summed E-state index contributed by atoms with van der Waals surface area (Å²) in [4.78, 5) is 11.9. The van der Waals surface area contributed by atoms with Crippen LogP contribution >= 0.6 is 0 Å². The van der Waals surface area contributed by atoms with E-state index in [4.69, 9.17) is 0 Å². The highest BCUT2D eigenvalue weighted by Crippen LogP contribution is 2.44. The van der Waals surface area contributed by atoms with Crippen molar-refractivity contribution < 1.29 is 0 Å². The highest BCUT2D eigenvalue weighted by atomic mass is 16.3. The van der Waals surface area contributed by atoms with Crippen LogP contribution in [0.15, 0.2) is 102 Å². The van der Waals surface area contributed by atoms with E-state index in [2.05, 4.69) is 46.1 Å². The molecule has 128 valence electrons. The summed E-state index contributed by atoms with van der Waals surface area (Å²) in [5.74, 6) is 0. The largest absolute Gasteiger partial charge is 0.307 e. The van der Waals surface area contributed by atoms with Gasteiger partial charge in [-0.1, -0.05) is 78.9 Å². The zero-order valence-electron chi connectivity index (χ0n) is 14.5. The number of para-hydroxylation sites is 2. The third kappa shape index (κ3) is 2.36. The van der Waals surface area contributed by atoms with Crippen LogP contribution in [0.4, 0.5) is 5.69 Å². The molecule has 3 heteroatoms. The van der Waals surface area contributed by atoms with E-state index in [9.17, 15) is 4.91 Å². The number of benzene rings is 4. The Hall–Kier alpha value is -3.72. The number of rotatable bonds is 3. The van der Waals surface area contributed by atoms with Gasteiger partial charge in [-0.2, -0.15) is 0 Å². The molecule has 0 spiro atoms. The quantitative estimate of drug-likeness (QED) is 0.328. The lowest BCUT2D eigenvalue weighted by atomic mass is 10.0. The molecule has 5 aromatic rings. The van der Waals surface area contributed by atoms with Gasteiger partial charge in [0.15, 0.2) is 0 Å². The van der Waals surface area contributed by atoms with E-state index in [-0.39, 0.29) is 0 Å². The van der Waals surface area contributed by atoms with Gasteiger partial charge in [-0.05, 0) is 34.1 Å². The average molecular weight is 348 g/mol. The molecule has 5 rings (SSSR count). The Bertz CT molecular complexity index is 1280. The van der Waals surface area contributed by atoms with Crippen LogP contribution in [0.3, 0.4) is 0 Å². The minimum absolute atomic E-state index is 0.478. The maximum Gasteiger partial charge on any atom is 0.141 e. The molecule has 0 saturated carbocycles. The predicted molar refractivity (Wildman–Crippen MR) is 112 cm³/mol. The average Bonchev–Trinajstić information content (AvgIpc) is 3.08. The fraction of sp³-hybridized carbons (Fsp3) is 0. The molecule has 0 fully saturated rings. The molecule has 0 bridgehead atoms. The molecule has 3 nitrogen and oxygen atoms in total. The van der Waals surface area contributed by atoms with Crippen molar-refractivity contribution in [2.24, 2.45) is 5.18 Å². The fourth-order valence-electron chi connectivity index (χ4n) is 3.84. The normalized spacial score (nSPS) is 11.1. The molecular formula is C24H16N2O. The maximum absolute atomic E-state index is 11.9. The first-order chi connectivity index (χ1) is 13.4. The van der Waals surface area contributed by atoms with Crippen molar-refractivity contribution in [2.45, 2.75) is 0 Å². The molecule has 0 saturated heterocycles. The van der Waals surface area contributed by atoms with E-state index >= 15 is 0 Å². The Balaban J connectivity index is 1.99. The minimum atomic E-state index is 0.478. The van der Waals surface area contributed by atoms with Gasteiger partial charge in [0.05, 0.1) is 11.2 Å². The lowest BCUT2D eigenvalue weighted by Gasteiger charge is -2.13. The summed E-state index contributed by atoms with van der Waals surface area (Å²) in [5.41, 5.74) is 4.29. The number of nitrogens with zero attached hydrogens (tertiary/aromatic N) is 2. The first-order valence-corrected chi connectivity index (χ1v) is 8.89. The fourth-order valence-corrected chi connectivity index (χ4v) is 3.84. The number of hydrogen-bond acceptors (Lipinski definition) is 2. The second-order valence-electron chi connectivity index (χ2n) is 6.50. The van der Waals surface area contributed by atoms with Crippen LogP contribution in [0.25, 0.3) is 38.6 Å². The lowest BCUT2D eigenvalue weighted by Crippen LogP contribution is -1.97. The summed E-state index contributed by atoms with van der Waals surface area (Å²) in [5, 5.41) is 6.56. The third-order valence-corrected chi connectivity index (χ3v) is 5.00. The van der Waals surface area contributed by atoms with E-state index < -0.39 is 0 Å². The maximum atomic E-state index is 11.9. The van der Waals surface area contributed by atoms with E-state index in [0.29, 0.717) is 5.69 Å². The van der Waals surface area contributed by atoms with Crippen LogP contribution in [-0.4, -0.2) is 4.57 Å². The molecule has 0 unspecified atom stereocenters. The van der Waals surface area contributed by atoms with Crippen LogP contribution in [0.1, 0.15) is 0 Å². The van der Waals surface area contributed by atoms with Gasteiger partial charge in [0, 0.05) is 16.6 Å². The summed E-state index contributed by atoms with van der Waals surface area (Å²) in [6.07, 6.45) is 0. The Labute approximate surface area is 156 Å². The molecule has 4 aromatic carbocycles. The van der Waals surface area contributed by atoms with Crippen molar-refractivity contribution in [2.75, 3.05) is 0 Å². The van der Waals surface area contributed by atoms with Crippen LogP contribution in [0.2, 0.25) is 0 Å². The van der Waals surface area contributed by atoms with Crippen molar-refractivity contribution >= 4 is 27.4 Å². The molecular weight excluding hydrogens is 332 g/mol. The van der Waals surface area contributed by atoms with Gasteiger partial charge in [-0.15, -0.1) is 4.91 Å². The molecule has 27 heavy (non-hydrogen) atoms. The van der Waals surface area contributed by atoms with Crippen molar-refractivity contribution in [3.05, 3.63) is 102 Å². The second-order valence-corrected chi connectivity index (χ2v) is 6.50. The van der Waals surface area contributed by atoms with Crippen molar-refractivity contribution in [1.29, 1.82) is 0 Å². The second kappa shape index (κ2) is 6.22. The van der Waals surface area contributed by atoms with Crippen LogP contribution in [-0.2, 0) is 0 Å². The molecule has 0 aliphatic carbocycles. The van der Waals surface area contributed by atoms with Gasteiger partial charge in [0.25, 0.3) is 0 Å². The number of fused-ring (bicyclic) bond motifs is 2. The zero-order chi connectivity index (χ0) is 18.2. The first kappa shape index (κ1) is 15.5. The summed E-state index contributed by atoms with van der Waals surface area (Å²) >= 11 is 0. The van der Waals surface area contributed by atoms with Crippen molar-refractivity contribution in [1.82, 2.24) is 4.57 Å². The molecule has 0 aliphatic rings. The smallest absolute Gasteiger partial charge is 0.141 e. The molecule has 1 heterocycles. The summed E-state index contributed by atoms with van der Waals surface area (Å²) in [6.45, 7) is 0. The van der Waals surface area contributed by atoms with E-state index in [1.54, 1.807) is 0 Å². The third-order valence-electron chi connectivity index (χ3n) is 5.00. The summed E-state index contributed by atoms with van der Waals surface area (Å²) in [6, 6.07) is 32.4. The Kier molecular flexibility index (Phi) is 3.58. The lowest BCUT2D eigenvalue weighted by molar-refractivity contribution is 1.13. The van der Waals surface area contributed by atoms with Gasteiger partial charge in [-0.25, -0.2) is 0 Å².